The molecule has 20 heavy (non-hydrogen) atoms. The molecule has 0 atom stereocenters. The molecule has 0 heterocycles. The Morgan fingerprint density at radius 2 is 1.70 bits per heavy atom. The van der Waals surface area contributed by atoms with Gasteiger partial charge < -0.3 is 9.47 Å². The van der Waals surface area contributed by atoms with Crippen LogP contribution in [0.2, 0.25) is 0 Å². The Morgan fingerprint density at radius 3 is 2.45 bits per heavy atom. The van der Waals surface area contributed by atoms with E-state index in [1.54, 1.807) is 12.1 Å². The molecule has 104 valence electrons. The molecule has 3 nitrogen and oxygen atoms in total. The maximum atomic E-state index is 10.8. The number of benzene rings is 2. The highest BCUT2D eigenvalue weighted by Crippen LogP contribution is 2.17. The fraction of sp³-hybridized carbons (Fsp3) is 0.235. The van der Waals surface area contributed by atoms with Crippen LogP contribution in [0.5, 0.6) is 11.5 Å². The van der Waals surface area contributed by atoms with E-state index in [2.05, 4.69) is 13.8 Å². The number of hydrogen-bond acceptors (Lipinski definition) is 3. The molecule has 2 aromatic carbocycles. The van der Waals surface area contributed by atoms with E-state index < -0.39 is 0 Å². The van der Waals surface area contributed by atoms with Gasteiger partial charge in [-0.15, -0.1) is 0 Å². The van der Waals surface area contributed by atoms with Gasteiger partial charge >= 0.3 is 0 Å². The van der Waals surface area contributed by atoms with E-state index in [0.717, 1.165) is 12.0 Å². The predicted molar refractivity (Wildman–Crippen MR) is 78.7 cm³/mol. The van der Waals surface area contributed by atoms with Gasteiger partial charge in [0.15, 0.2) is 6.29 Å². The quantitative estimate of drug-likeness (QED) is 0.594. The number of ether oxygens (including phenoxy) is 2. The first-order chi connectivity index (χ1) is 9.70. The molecule has 2 aromatic rings. The Kier molecular flexibility index (Phi) is 4.77. The molecule has 0 bridgehead atoms. The smallest absolute Gasteiger partial charge is 0.153 e. The second-order valence-corrected chi connectivity index (χ2v) is 4.60. The van der Waals surface area contributed by atoms with E-state index in [9.17, 15) is 4.79 Å². The van der Waals surface area contributed by atoms with E-state index in [0.29, 0.717) is 24.5 Å². The zero-order chi connectivity index (χ0) is 14.4. The van der Waals surface area contributed by atoms with Crippen LogP contribution in [-0.4, -0.2) is 19.5 Å². The number of carbonyl (C=O) groups excluding carboxylic acids is 1. The van der Waals surface area contributed by atoms with Gasteiger partial charge in [-0.05, 0) is 49.2 Å². The first-order valence-electron chi connectivity index (χ1n) is 6.58. The Labute approximate surface area is 119 Å². The van der Waals surface area contributed by atoms with Crippen molar-refractivity contribution in [1.29, 1.82) is 0 Å². The fourth-order valence-corrected chi connectivity index (χ4v) is 1.82. The largest absolute Gasteiger partial charge is 0.490 e. The Hall–Kier alpha value is -2.29. The molecule has 0 aromatic heterocycles. The fourth-order valence-electron chi connectivity index (χ4n) is 1.82. The minimum absolute atomic E-state index is 0.401. The van der Waals surface area contributed by atoms with Gasteiger partial charge in [0, 0.05) is 0 Å². The van der Waals surface area contributed by atoms with Crippen LogP contribution in [0, 0.1) is 13.8 Å². The predicted octanol–water partition coefficient (Wildman–Crippen LogP) is 3.57. The van der Waals surface area contributed by atoms with E-state index in [1.807, 2.05) is 30.3 Å². The summed E-state index contributed by atoms with van der Waals surface area (Å²) in [5.41, 5.74) is 3.00. The van der Waals surface area contributed by atoms with Crippen molar-refractivity contribution in [2.45, 2.75) is 13.8 Å². The highest BCUT2D eigenvalue weighted by atomic mass is 16.5. The summed E-state index contributed by atoms with van der Waals surface area (Å²) in [6.45, 7) is 4.96. The summed E-state index contributed by atoms with van der Waals surface area (Å²) >= 11 is 0. The average molecular weight is 270 g/mol. The van der Waals surface area contributed by atoms with Crippen LogP contribution in [0.3, 0.4) is 0 Å². The van der Waals surface area contributed by atoms with Crippen LogP contribution < -0.4 is 9.47 Å². The Bertz CT molecular complexity index is 591. The van der Waals surface area contributed by atoms with E-state index in [4.69, 9.17) is 9.47 Å². The van der Waals surface area contributed by atoms with Gasteiger partial charge in [-0.1, -0.05) is 18.2 Å². The van der Waals surface area contributed by atoms with Crippen LogP contribution in [0.25, 0.3) is 0 Å². The Morgan fingerprint density at radius 1 is 0.950 bits per heavy atom. The molecule has 0 saturated carbocycles. The maximum Gasteiger partial charge on any atom is 0.153 e. The monoisotopic (exact) mass is 270 g/mol. The topological polar surface area (TPSA) is 35.5 Å². The summed E-state index contributed by atoms with van der Waals surface area (Å²) < 4.78 is 11.2. The highest BCUT2D eigenvalue weighted by molar-refractivity contribution is 5.79. The molecule has 0 N–H and O–H groups in total. The van der Waals surface area contributed by atoms with Crippen LogP contribution in [0.4, 0.5) is 0 Å². The first kappa shape index (κ1) is 14.1. The van der Waals surface area contributed by atoms with Gasteiger partial charge in [0.2, 0.25) is 0 Å². The van der Waals surface area contributed by atoms with Crippen LogP contribution >= 0.6 is 0 Å². The van der Waals surface area contributed by atoms with Crippen molar-refractivity contribution in [3.05, 3.63) is 59.2 Å². The lowest BCUT2D eigenvalue weighted by Crippen LogP contribution is -2.10. The number of aldehydes is 1. The molecule has 0 saturated heterocycles. The van der Waals surface area contributed by atoms with Crippen molar-refractivity contribution >= 4 is 6.29 Å². The minimum atomic E-state index is 0.401. The minimum Gasteiger partial charge on any atom is -0.490 e. The molecule has 3 heteroatoms. The summed E-state index contributed by atoms with van der Waals surface area (Å²) in [5, 5.41) is 0. The lowest BCUT2D eigenvalue weighted by atomic mass is 10.1. The summed E-state index contributed by atoms with van der Waals surface area (Å²) in [4.78, 5) is 10.8. The van der Waals surface area contributed by atoms with Gasteiger partial charge in [-0.25, -0.2) is 0 Å². The second-order valence-electron chi connectivity index (χ2n) is 4.60. The number of hydrogen-bond donors (Lipinski definition) is 0. The van der Waals surface area contributed by atoms with Crippen LogP contribution in [-0.2, 0) is 0 Å². The van der Waals surface area contributed by atoms with E-state index in [1.165, 1.54) is 11.1 Å². The molecule has 0 aliphatic heterocycles. The van der Waals surface area contributed by atoms with Gasteiger partial charge in [0.05, 0.1) is 5.56 Å². The van der Waals surface area contributed by atoms with Crippen molar-refractivity contribution in [1.82, 2.24) is 0 Å². The molecule has 0 unspecified atom stereocenters. The summed E-state index contributed by atoms with van der Waals surface area (Å²) in [6.07, 6.45) is 0.791. The van der Waals surface area contributed by atoms with Gasteiger partial charge in [-0.3, -0.25) is 4.79 Å². The molecular formula is C17H18O3. The lowest BCUT2D eigenvalue weighted by molar-refractivity contribution is 0.111. The number of carbonyl (C=O) groups is 1. The van der Waals surface area contributed by atoms with Crippen LogP contribution in [0.1, 0.15) is 21.5 Å². The molecule has 0 aliphatic rings. The molecule has 0 amide bonds. The van der Waals surface area contributed by atoms with Crippen molar-refractivity contribution in [2.75, 3.05) is 13.2 Å². The van der Waals surface area contributed by atoms with Crippen molar-refractivity contribution in [3.8, 4) is 11.5 Å². The molecular weight excluding hydrogens is 252 g/mol. The summed E-state index contributed by atoms with van der Waals surface area (Å²) in [6, 6.07) is 13.1. The molecule has 0 fully saturated rings. The normalized spacial score (nSPS) is 10.1. The second kappa shape index (κ2) is 6.75. The van der Waals surface area contributed by atoms with Gasteiger partial charge in [0.25, 0.3) is 0 Å². The SMILES string of the molecule is Cc1ccc(OCCOc2ccccc2C=O)cc1C. The zero-order valence-corrected chi connectivity index (χ0v) is 11.8. The summed E-state index contributed by atoms with van der Waals surface area (Å²) in [5.74, 6) is 1.42. The third kappa shape index (κ3) is 3.60. The highest BCUT2D eigenvalue weighted by Gasteiger charge is 2.02. The van der Waals surface area contributed by atoms with Crippen molar-refractivity contribution < 1.29 is 14.3 Å². The lowest BCUT2D eigenvalue weighted by Gasteiger charge is -2.10. The third-order valence-electron chi connectivity index (χ3n) is 3.13. The maximum absolute atomic E-state index is 10.8. The van der Waals surface area contributed by atoms with Crippen LogP contribution in [0.15, 0.2) is 42.5 Å². The third-order valence-corrected chi connectivity index (χ3v) is 3.13. The van der Waals surface area contributed by atoms with E-state index in [-0.39, 0.29) is 0 Å². The Balaban J connectivity index is 1.84. The number of rotatable bonds is 6. The molecule has 0 spiro atoms. The van der Waals surface area contributed by atoms with E-state index >= 15 is 0 Å². The van der Waals surface area contributed by atoms with Crippen molar-refractivity contribution in [3.63, 3.8) is 0 Å². The van der Waals surface area contributed by atoms with Crippen molar-refractivity contribution in [2.24, 2.45) is 0 Å². The zero-order valence-electron chi connectivity index (χ0n) is 11.8. The number of aryl methyl sites for hydroxylation is 2. The summed E-state index contributed by atoms with van der Waals surface area (Å²) in [7, 11) is 0. The molecule has 0 radical (unpaired) electrons. The number of para-hydroxylation sites is 1. The average Bonchev–Trinajstić information content (AvgIpc) is 2.47. The van der Waals surface area contributed by atoms with Gasteiger partial charge in [0.1, 0.15) is 24.7 Å². The molecule has 0 aliphatic carbocycles. The first-order valence-corrected chi connectivity index (χ1v) is 6.58. The van der Waals surface area contributed by atoms with Gasteiger partial charge in [-0.2, -0.15) is 0 Å². The standard InChI is InChI=1S/C17H18O3/c1-13-7-8-16(11-14(13)2)19-9-10-20-17-6-4-3-5-15(17)12-18/h3-8,11-12H,9-10H2,1-2H3. The molecule has 2 rings (SSSR count).